The largest absolute Gasteiger partial charge is 0.454 e. The Morgan fingerprint density at radius 1 is 0.742 bits per heavy atom. The lowest BCUT2D eigenvalue weighted by Gasteiger charge is -2.83. The van der Waals surface area contributed by atoms with Crippen molar-refractivity contribution in [3.05, 3.63) is 118 Å². The molecule has 0 amide bonds. The minimum Gasteiger partial charge on any atom is -0.454 e. The molecule has 6 spiro atoms. The normalized spacial score (nSPS) is 51.7. The molecule has 4 heterocycles. The quantitative estimate of drug-likeness (QED) is 0.0732. The van der Waals surface area contributed by atoms with Crippen LogP contribution in [0.1, 0.15) is 200 Å². The molecule has 14 aliphatic carbocycles. The number of aliphatic hydroxyl groups excluding tert-OH is 3. The molecule has 11 heteroatoms. The molecule has 13 fully saturated rings. The summed E-state index contributed by atoms with van der Waals surface area (Å²) in [5, 5.41) is 90.8. The average molecular weight is 1260 g/mol. The minimum atomic E-state index is -2.37. The number of aliphatic hydroxyl groups is 6. The van der Waals surface area contributed by atoms with Crippen molar-refractivity contribution in [1.82, 2.24) is 5.32 Å². The highest BCUT2D eigenvalue weighted by Gasteiger charge is 2.94. The molecule has 494 valence electrons. The second-order valence-electron chi connectivity index (χ2n) is 35.5. The van der Waals surface area contributed by atoms with E-state index in [1.807, 2.05) is 19.2 Å². The van der Waals surface area contributed by atoms with Crippen LogP contribution in [0.5, 0.6) is 0 Å². The number of benzene rings is 3. The fraction of sp³-hybridized carbons (Fsp3) is 0.707. The van der Waals surface area contributed by atoms with Crippen molar-refractivity contribution in [3.8, 4) is 11.8 Å². The molecule has 26 atom stereocenters. The highest BCUT2D eigenvalue weighted by Crippen LogP contribution is 2.90. The molecule has 21 rings (SSSR count). The number of hydrogen-bond donors (Lipinski definition) is 7. The second kappa shape index (κ2) is 20.0. The lowest BCUT2D eigenvalue weighted by Crippen LogP contribution is -2.91. The predicted molar refractivity (Wildman–Crippen MR) is 350 cm³/mol. The molecular weight excluding hydrogens is 1160 g/mol. The number of carbonyl (C=O) groups is 2. The molecule has 93 heavy (non-hydrogen) atoms. The summed E-state index contributed by atoms with van der Waals surface area (Å²) in [6, 6.07) is 26.5. The predicted octanol–water partition coefficient (Wildman–Crippen LogP) is 11.2. The Hall–Kier alpha value is -4.22. The summed E-state index contributed by atoms with van der Waals surface area (Å²) >= 11 is 0. The molecule has 18 aliphatic rings. The van der Waals surface area contributed by atoms with Crippen LogP contribution in [0.4, 0.5) is 0 Å². The van der Waals surface area contributed by atoms with Crippen molar-refractivity contribution in [2.24, 2.45) is 103 Å². The van der Waals surface area contributed by atoms with Gasteiger partial charge in [0.1, 0.15) is 23.6 Å². The van der Waals surface area contributed by atoms with E-state index in [2.05, 4.69) is 84.7 Å². The van der Waals surface area contributed by atoms with E-state index >= 15 is 25.2 Å². The van der Waals surface area contributed by atoms with Crippen molar-refractivity contribution >= 4 is 12.3 Å². The molecule has 11 nitrogen and oxygen atoms in total. The Bertz CT molecular complexity index is 3700. The molecule has 3 aromatic rings. The fourth-order valence-corrected chi connectivity index (χ4v) is 30.6. The number of likely N-dealkylation sites (N-methyl/N-ethyl adjacent to an activating group) is 1. The first-order valence-corrected chi connectivity index (χ1v) is 37.5. The van der Waals surface area contributed by atoms with Crippen molar-refractivity contribution in [1.29, 1.82) is 0 Å². The van der Waals surface area contributed by atoms with Crippen molar-refractivity contribution in [2.75, 3.05) is 13.7 Å². The zero-order valence-electron chi connectivity index (χ0n) is 55.1. The molecule has 0 radical (unpaired) electrons. The number of hydrogen-bond acceptors (Lipinski definition) is 11. The van der Waals surface area contributed by atoms with Gasteiger partial charge in [0.15, 0.2) is 0 Å². The standard InChI is InChI=1S/C82H101NO10/c1-48-54-17-16-50(34-54)32-49-10-8-11-51(33-49)41-76-31-30-74-27-19-55(48)36-65-70(88)81(90)67(75(46-85,82(65,74)91)45-78(71(74)93-76)63-38-58-35-56(52-12-4-3-5-13-52)20-26-73(58,78)28-21-62(63)76)22-29-77-44-72(23-6-7-24-72)25-18-53-14-9-15-57(43-84)60(53)39-66(83-2)61-37-59(42-80(77,81)89)79(77,47-86)64-40-68(87)92-69(61)64/h3-5,8-15,33,40,46,48,50,54-56,58-59,61-63,65-67,69-71,83-84,86,88-91H,6-7,16-17,19-24,26-32,34-39,41-45,47H2,1-2H3. The highest BCUT2D eigenvalue weighted by molar-refractivity contribution is 5.87. The van der Waals surface area contributed by atoms with Gasteiger partial charge in [-0.15, -0.1) is 0 Å². The van der Waals surface area contributed by atoms with Gasteiger partial charge in [-0.25, -0.2) is 4.79 Å². The van der Waals surface area contributed by atoms with E-state index in [1.54, 1.807) is 6.08 Å². The summed E-state index contributed by atoms with van der Waals surface area (Å²) in [4.78, 5) is 31.1. The SMILES string of the molecule is CNC1Cc2c(cccc2CO)C#CC2(CCCC2)CC23CCC4C5(C=O)CC67C8CC9CC(c%10ccccc%10)CCC96CCC8C68CCC9(CCC(CC(C(O)C4(O)C2(O)CC2CC1C1OC(=O)C=C1C23CO)C59O)C(C)C1CCC(Cc2cccc(c2)C6)C1)C7O8. The Kier molecular flexibility index (Phi) is 12.9. The van der Waals surface area contributed by atoms with E-state index in [-0.39, 0.29) is 73.0 Å². The summed E-state index contributed by atoms with van der Waals surface area (Å²) in [5.41, 5.74) is -6.12. The van der Waals surface area contributed by atoms with E-state index in [0.29, 0.717) is 74.2 Å². The highest BCUT2D eigenvalue weighted by atomic mass is 16.5. The lowest BCUT2D eigenvalue weighted by molar-refractivity contribution is -0.448. The average Bonchev–Trinajstić information content (AvgIpc) is 1.55. The van der Waals surface area contributed by atoms with E-state index < -0.39 is 97.4 Å². The molecule has 2 saturated heterocycles. The molecule has 26 unspecified atom stereocenters. The number of aldehydes is 1. The minimum absolute atomic E-state index is 0.0248. The van der Waals surface area contributed by atoms with Crippen molar-refractivity contribution < 1.29 is 49.7 Å². The fourth-order valence-electron chi connectivity index (χ4n) is 30.6. The number of fused-ring (bicyclic) bond motifs is 5. The monoisotopic (exact) mass is 1260 g/mol. The maximum Gasteiger partial charge on any atom is 0.331 e. The van der Waals surface area contributed by atoms with Crippen LogP contribution in [-0.2, 0) is 44.9 Å². The van der Waals surface area contributed by atoms with E-state index in [0.717, 1.165) is 126 Å². The molecule has 3 aromatic carbocycles. The third-order valence-corrected chi connectivity index (χ3v) is 33.8. The zero-order valence-corrected chi connectivity index (χ0v) is 55.1. The first kappa shape index (κ1) is 60.0. The summed E-state index contributed by atoms with van der Waals surface area (Å²) in [5.74, 6) is 6.79. The number of ether oxygens (including phenoxy) is 2. The van der Waals surface area contributed by atoms with Crippen LogP contribution in [0, 0.1) is 115 Å². The number of esters is 1. The first-order chi connectivity index (χ1) is 44.9. The molecular formula is C82H101NO10. The van der Waals surface area contributed by atoms with Gasteiger partial charge in [0.05, 0.1) is 42.0 Å². The number of carbonyl (C=O) groups excluding carboxylic acids is 2. The third-order valence-electron chi connectivity index (χ3n) is 33.8. The first-order valence-electron chi connectivity index (χ1n) is 37.5. The van der Waals surface area contributed by atoms with Gasteiger partial charge in [-0.2, -0.15) is 0 Å². The maximum absolute atomic E-state index is 16.6. The van der Waals surface area contributed by atoms with E-state index in [1.165, 1.54) is 23.0 Å². The van der Waals surface area contributed by atoms with Gasteiger partial charge in [0, 0.05) is 68.9 Å². The van der Waals surface area contributed by atoms with Gasteiger partial charge in [0.2, 0.25) is 0 Å². The van der Waals surface area contributed by atoms with Crippen LogP contribution in [0.15, 0.2) is 84.4 Å². The van der Waals surface area contributed by atoms with Crippen LogP contribution in [0.2, 0.25) is 0 Å². The Morgan fingerprint density at radius 2 is 1.54 bits per heavy atom. The van der Waals surface area contributed by atoms with Crippen LogP contribution in [0.25, 0.3) is 0 Å². The number of nitrogens with one attached hydrogen (secondary N) is 1. The third kappa shape index (κ3) is 7.00. The van der Waals surface area contributed by atoms with Crippen LogP contribution in [-0.4, -0.2) is 103 Å². The zero-order chi connectivity index (χ0) is 63.3. The van der Waals surface area contributed by atoms with Gasteiger partial charge in [-0.05, 0) is 259 Å². The Labute approximate surface area is 550 Å². The van der Waals surface area contributed by atoms with Gasteiger partial charge < -0.3 is 50.2 Å². The number of rotatable bonds is 5. The molecule has 7 N–H and O–H groups in total. The van der Waals surface area contributed by atoms with Gasteiger partial charge in [-0.1, -0.05) is 98.3 Å². The summed E-state index contributed by atoms with van der Waals surface area (Å²) < 4.78 is 15.3. The van der Waals surface area contributed by atoms with Crippen LogP contribution < -0.4 is 5.32 Å². The van der Waals surface area contributed by atoms with E-state index in [4.69, 9.17) is 9.47 Å². The molecule has 0 aromatic heterocycles. The second-order valence-corrected chi connectivity index (χ2v) is 35.5. The summed E-state index contributed by atoms with van der Waals surface area (Å²) in [6.07, 6.45) is 20.3. The Morgan fingerprint density at radius 3 is 2.34 bits per heavy atom. The summed E-state index contributed by atoms with van der Waals surface area (Å²) in [6.45, 7) is 1.89. The van der Waals surface area contributed by atoms with E-state index in [9.17, 15) is 15.0 Å². The van der Waals surface area contributed by atoms with Crippen molar-refractivity contribution in [2.45, 2.75) is 240 Å². The lowest BCUT2D eigenvalue weighted by atomic mass is 9.25. The molecule has 4 aliphatic heterocycles. The smallest absolute Gasteiger partial charge is 0.331 e. The van der Waals surface area contributed by atoms with Gasteiger partial charge in [0.25, 0.3) is 0 Å². The molecule has 11 saturated carbocycles. The van der Waals surface area contributed by atoms with Gasteiger partial charge in [-0.3, -0.25) is 0 Å². The Balaban J connectivity index is 0.856. The maximum atomic E-state index is 16.6. The summed E-state index contributed by atoms with van der Waals surface area (Å²) in [7, 11) is 1.94. The van der Waals surface area contributed by atoms with Crippen LogP contribution >= 0.6 is 0 Å². The topological polar surface area (TPSA) is 186 Å². The van der Waals surface area contributed by atoms with Gasteiger partial charge >= 0.3 is 5.97 Å². The molecule has 16 bridgehead atoms. The van der Waals surface area contributed by atoms with Crippen molar-refractivity contribution in [3.63, 3.8) is 0 Å². The van der Waals surface area contributed by atoms with Crippen LogP contribution in [0.3, 0.4) is 0 Å².